The summed E-state index contributed by atoms with van der Waals surface area (Å²) in [5.74, 6) is -0.00485. The van der Waals surface area contributed by atoms with Crippen LogP contribution in [0, 0.1) is 17.0 Å². The van der Waals surface area contributed by atoms with E-state index in [4.69, 9.17) is 0 Å². The zero-order chi connectivity index (χ0) is 16.6. The first-order valence-electron chi connectivity index (χ1n) is 8.13. The molecule has 3 rings (SSSR count). The molecule has 8 heteroatoms. The molecule has 2 aliphatic heterocycles. The number of amides is 1. The summed E-state index contributed by atoms with van der Waals surface area (Å²) >= 11 is 0. The van der Waals surface area contributed by atoms with Gasteiger partial charge in [-0.1, -0.05) is 0 Å². The van der Waals surface area contributed by atoms with Crippen LogP contribution in [-0.2, 0) is 11.3 Å². The lowest BCUT2D eigenvalue weighted by molar-refractivity contribution is -0.385. The molecule has 2 bridgehead atoms. The molecule has 2 fully saturated rings. The maximum Gasteiger partial charge on any atom is 0.309 e. The molecular formula is C15H23N5O3. The van der Waals surface area contributed by atoms with E-state index < -0.39 is 4.92 Å². The van der Waals surface area contributed by atoms with Crippen LogP contribution >= 0.6 is 0 Å². The van der Waals surface area contributed by atoms with Gasteiger partial charge in [0.25, 0.3) is 0 Å². The molecule has 2 aliphatic rings. The van der Waals surface area contributed by atoms with Crippen LogP contribution in [0.15, 0.2) is 6.20 Å². The molecule has 1 N–H and O–H groups in total. The fourth-order valence-electron chi connectivity index (χ4n) is 3.85. The van der Waals surface area contributed by atoms with Gasteiger partial charge < -0.3 is 10.2 Å². The van der Waals surface area contributed by atoms with Gasteiger partial charge in [0.1, 0.15) is 11.9 Å². The molecule has 8 nitrogen and oxygen atoms in total. The number of aryl methyl sites for hydroxylation is 2. The lowest BCUT2D eigenvalue weighted by atomic mass is 9.98. The Labute approximate surface area is 135 Å². The van der Waals surface area contributed by atoms with Gasteiger partial charge in [0, 0.05) is 31.1 Å². The average molecular weight is 321 g/mol. The highest BCUT2D eigenvalue weighted by Crippen LogP contribution is 2.34. The first kappa shape index (κ1) is 15.9. The lowest BCUT2D eigenvalue weighted by Gasteiger charge is -2.36. The monoisotopic (exact) mass is 321 g/mol. The Kier molecular flexibility index (Phi) is 4.34. The van der Waals surface area contributed by atoms with Gasteiger partial charge >= 0.3 is 5.69 Å². The predicted molar refractivity (Wildman–Crippen MR) is 84.0 cm³/mol. The standard InChI is InChI=1S/C15H23N5O3/c1-10-14(20(22)23)9-19(17-10)6-5-15(21)16-11-7-12-3-4-13(8-11)18(12)2/h9,11-13H,3-8H2,1-2H3,(H,16,21). The molecule has 2 unspecified atom stereocenters. The Morgan fingerprint density at radius 3 is 2.65 bits per heavy atom. The number of hydrogen-bond donors (Lipinski definition) is 1. The van der Waals surface area contributed by atoms with Crippen molar-refractivity contribution in [3.05, 3.63) is 22.0 Å². The van der Waals surface area contributed by atoms with Crippen LogP contribution in [0.25, 0.3) is 0 Å². The molecule has 126 valence electrons. The summed E-state index contributed by atoms with van der Waals surface area (Å²) in [6, 6.07) is 1.44. The second-order valence-corrected chi connectivity index (χ2v) is 6.66. The van der Waals surface area contributed by atoms with Crippen LogP contribution < -0.4 is 5.32 Å². The van der Waals surface area contributed by atoms with Gasteiger partial charge in [0.05, 0.1) is 4.92 Å². The minimum Gasteiger partial charge on any atom is -0.353 e. The van der Waals surface area contributed by atoms with E-state index in [1.807, 2.05) is 0 Å². The summed E-state index contributed by atoms with van der Waals surface area (Å²) in [6.07, 6.45) is 6.17. The first-order chi connectivity index (χ1) is 10.9. The van der Waals surface area contributed by atoms with Crippen molar-refractivity contribution in [1.82, 2.24) is 20.0 Å². The van der Waals surface area contributed by atoms with Crippen molar-refractivity contribution in [2.45, 2.75) is 63.7 Å². The molecule has 2 atom stereocenters. The molecule has 0 spiro atoms. The number of piperidine rings is 1. The Bertz CT molecular complexity index is 600. The topological polar surface area (TPSA) is 93.3 Å². The number of carbonyl (C=O) groups is 1. The maximum absolute atomic E-state index is 12.1. The molecular weight excluding hydrogens is 298 g/mol. The minimum absolute atomic E-state index is 0.00250. The highest BCUT2D eigenvalue weighted by atomic mass is 16.6. The molecule has 0 saturated carbocycles. The Morgan fingerprint density at radius 2 is 2.09 bits per heavy atom. The number of rotatable bonds is 5. The zero-order valence-corrected chi connectivity index (χ0v) is 13.6. The Hall–Kier alpha value is -1.96. The molecule has 1 aromatic rings. The van der Waals surface area contributed by atoms with Gasteiger partial charge in [-0.3, -0.25) is 19.6 Å². The number of nitrogens with one attached hydrogen (secondary N) is 1. The quantitative estimate of drug-likeness (QED) is 0.650. The SMILES string of the molecule is Cc1nn(CCC(=O)NC2CC3CCC(C2)N3C)cc1[N+](=O)[O-]. The number of nitrogens with zero attached hydrogens (tertiary/aromatic N) is 4. The van der Waals surface area contributed by atoms with E-state index in [1.165, 1.54) is 23.7 Å². The highest BCUT2D eigenvalue weighted by Gasteiger charge is 2.38. The van der Waals surface area contributed by atoms with Crippen LogP contribution in [0.1, 0.15) is 37.8 Å². The van der Waals surface area contributed by atoms with E-state index in [-0.39, 0.29) is 17.6 Å². The van der Waals surface area contributed by atoms with Crippen molar-refractivity contribution in [3.63, 3.8) is 0 Å². The third-order valence-corrected chi connectivity index (χ3v) is 5.15. The summed E-state index contributed by atoms with van der Waals surface area (Å²) in [5.41, 5.74) is 0.375. The van der Waals surface area contributed by atoms with Crippen molar-refractivity contribution in [3.8, 4) is 0 Å². The summed E-state index contributed by atoms with van der Waals surface area (Å²) in [5, 5.41) is 18.0. The molecule has 1 amide bonds. The molecule has 0 aliphatic carbocycles. The van der Waals surface area contributed by atoms with E-state index in [0.29, 0.717) is 30.7 Å². The van der Waals surface area contributed by atoms with Crippen LogP contribution in [-0.4, -0.2) is 50.7 Å². The van der Waals surface area contributed by atoms with Crippen LogP contribution in [0.2, 0.25) is 0 Å². The number of fused-ring (bicyclic) bond motifs is 2. The maximum atomic E-state index is 12.1. The number of carbonyl (C=O) groups excluding carboxylic acids is 1. The largest absolute Gasteiger partial charge is 0.353 e. The van der Waals surface area contributed by atoms with E-state index in [0.717, 1.165) is 12.8 Å². The normalized spacial score (nSPS) is 27.1. The van der Waals surface area contributed by atoms with E-state index >= 15 is 0 Å². The van der Waals surface area contributed by atoms with Gasteiger partial charge in [-0.15, -0.1) is 0 Å². The average Bonchev–Trinajstić information content (AvgIpc) is 2.93. The minimum atomic E-state index is -0.451. The molecule has 0 radical (unpaired) electrons. The third kappa shape index (κ3) is 3.36. The summed E-state index contributed by atoms with van der Waals surface area (Å²) < 4.78 is 1.48. The number of nitro groups is 1. The molecule has 0 aromatic carbocycles. The van der Waals surface area contributed by atoms with Crippen molar-refractivity contribution in [2.24, 2.45) is 0 Å². The summed E-state index contributed by atoms with van der Waals surface area (Å²) in [7, 11) is 2.17. The van der Waals surface area contributed by atoms with Crippen LogP contribution in [0.4, 0.5) is 5.69 Å². The molecule has 1 aromatic heterocycles. The van der Waals surface area contributed by atoms with Crippen LogP contribution in [0.5, 0.6) is 0 Å². The van der Waals surface area contributed by atoms with Gasteiger partial charge in [0.15, 0.2) is 0 Å². The van der Waals surface area contributed by atoms with Crippen molar-refractivity contribution in [1.29, 1.82) is 0 Å². The fraction of sp³-hybridized carbons (Fsp3) is 0.733. The van der Waals surface area contributed by atoms with E-state index in [1.54, 1.807) is 6.92 Å². The predicted octanol–water partition coefficient (Wildman–Crippen LogP) is 1.23. The molecule has 3 heterocycles. The first-order valence-corrected chi connectivity index (χ1v) is 8.13. The van der Waals surface area contributed by atoms with Gasteiger partial charge in [-0.25, -0.2) is 0 Å². The zero-order valence-electron chi connectivity index (χ0n) is 13.6. The fourth-order valence-corrected chi connectivity index (χ4v) is 3.85. The highest BCUT2D eigenvalue weighted by molar-refractivity contribution is 5.76. The Balaban J connectivity index is 1.49. The lowest BCUT2D eigenvalue weighted by Crippen LogP contribution is -2.48. The Morgan fingerprint density at radius 1 is 1.43 bits per heavy atom. The smallest absolute Gasteiger partial charge is 0.309 e. The van der Waals surface area contributed by atoms with Gasteiger partial charge in [-0.2, -0.15) is 5.10 Å². The second-order valence-electron chi connectivity index (χ2n) is 6.66. The molecule has 2 saturated heterocycles. The van der Waals surface area contributed by atoms with Crippen molar-refractivity contribution in [2.75, 3.05) is 7.05 Å². The second kappa shape index (κ2) is 6.27. The van der Waals surface area contributed by atoms with E-state index in [2.05, 4.69) is 22.4 Å². The van der Waals surface area contributed by atoms with Crippen molar-refractivity contribution < 1.29 is 9.72 Å². The third-order valence-electron chi connectivity index (χ3n) is 5.15. The summed E-state index contributed by atoms with van der Waals surface area (Å²) in [6.45, 7) is 1.96. The molecule has 23 heavy (non-hydrogen) atoms. The van der Waals surface area contributed by atoms with E-state index in [9.17, 15) is 14.9 Å². The van der Waals surface area contributed by atoms with Gasteiger partial charge in [0.2, 0.25) is 5.91 Å². The summed E-state index contributed by atoms with van der Waals surface area (Å²) in [4.78, 5) is 24.9. The number of aromatic nitrogens is 2. The van der Waals surface area contributed by atoms with Gasteiger partial charge in [-0.05, 0) is 39.7 Å². The van der Waals surface area contributed by atoms with Crippen molar-refractivity contribution >= 4 is 11.6 Å². The number of hydrogen-bond acceptors (Lipinski definition) is 5. The van der Waals surface area contributed by atoms with Crippen LogP contribution in [0.3, 0.4) is 0 Å².